The molecule has 3 rings (SSSR count). The molecular weight excluding hydrogens is 388 g/mol. The number of anilines is 1. The van der Waals surface area contributed by atoms with Gasteiger partial charge in [0.05, 0.1) is 4.90 Å². The molecule has 1 aliphatic rings. The fraction of sp³-hybridized carbons (Fsp3) is 0.375. The van der Waals surface area contributed by atoms with Gasteiger partial charge in [-0.2, -0.15) is 13.2 Å². The summed E-state index contributed by atoms with van der Waals surface area (Å²) in [5.41, 5.74) is -1.06. The van der Waals surface area contributed by atoms with Crippen molar-refractivity contribution in [3.05, 3.63) is 47.9 Å². The van der Waals surface area contributed by atoms with Crippen LogP contribution in [0.5, 0.6) is 0 Å². The minimum absolute atomic E-state index is 0.0278. The highest BCUT2D eigenvalue weighted by molar-refractivity contribution is 7.89. The van der Waals surface area contributed by atoms with E-state index in [1.54, 1.807) is 4.90 Å². The lowest BCUT2D eigenvalue weighted by Gasteiger charge is -2.32. The minimum atomic E-state index is -4.54. The van der Waals surface area contributed by atoms with Crippen molar-refractivity contribution in [2.24, 2.45) is 0 Å². The maximum atomic E-state index is 12.9. The van der Waals surface area contributed by atoms with Gasteiger partial charge in [0.2, 0.25) is 10.0 Å². The molecule has 2 aromatic rings. The van der Waals surface area contributed by atoms with E-state index >= 15 is 0 Å². The molecule has 1 saturated heterocycles. The molecule has 0 spiro atoms. The van der Waals surface area contributed by atoms with E-state index in [0.717, 1.165) is 18.2 Å². The average Bonchev–Trinajstić information content (AvgIpc) is 2.62. The van der Waals surface area contributed by atoms with Crippen LogP contribution < -0.4 is 9.62 Å². The molecule has 2 heterocycles. The Kier molecular flexibility index (Phi) is 5.33. The average molecular weight is 404 g/mol. The highest BCUT2D eigenvalue weighted by atomic mass is 32.2. The van der Waals surface area contributed by atoms with Gasteiger partial charge in [-0.05, 0) is 49.2 Å². The second-order valence-electron chi connectivity index (χ2n) is 6.11. The third kappa shape index (κ3) is 4.72. The molecule has 0 unspecified atom stereocenters. The monoisotopic (exact) mass is 404 g/mol. The Hall–Kier alpha value is -2.27. The van der Waals surface area contributed by atoms with Crippen molar-refractivity contribution in [2.75, 3.05) is 18.0 Å². The van der Waals surface area contributed by atoms with Crippen molar-refractivity contribution in [3.63, 3.8) is 0 Å². The summed E-state index contributed by atoms with van der Waals surface area (Å²) in [7, 11) is -3.77. The standard InChI is InChI=1S/C16H16F4N4O2S/c17-11-1-3-13(4-2-11)27(25,26)23-12-7-9-24(10-8-12)15-6-5-14(21-22-15)16(18,19)20/h1-6,12,23H,7-10H2. The van der Waals surface area contributed by atoms with E-state index in [1.807, 2.05) is 0 Å². The van der Waals surface area contributed by atoms with Crippen molar-refractivity contribution < 1.29 is 26.0 Å². The lowest BCUT2D eigenvalue weighted by atomic mass is 10.1. The number of halogens is 4. The quantitative estimate of drug-likeness (QED) is 0.793. The lowest BCUT2D eigenvalue weighted by Crippen LogP contribution is -2.45. The van der Waals surface area contributed by atoms with Crippen LogP contribution in [0.1, 0.15) is 18.5 Å². The molecule has 1 fully saturated rings. The fourth-order valence-corrected chi connectivity index (χ4v) is 4.08. The van der Waals surface area contributed by atoms with Gasteiger partial charge in [-0.1, -0.05) is 0 Å². The van der Waals surface area contributed by atoms with E-state index in [-0.39, 0.29) is 10.9 Å². The van der Waals surface area contributed by atoms with E-state index in [0.29, 0.717) is 31.7 Å². The Labute approximate surface area is 153 Å². The van der Waals surface area contributed by atoms with E-state index < -0.39 is 27.7 Å². The van der Waals surface area contributed by atoms with E-state index in [1.165, 1.54) is 18.2 Å². The summed E-state index contributed by atoms with van der Waals surface area (Å²) in [5.74, 6) is -0.220. The Morgan fingerprint density at radius 1 is 1.00 bits per heavy atom. The van der Waals surface area contributed by atoms with Gasteiger partial charge in [0.25, 0.3) is 0 Å². The molecule has 6 nitrogen and oxygen atoms in total. The predicted molar refractivity (Wildman–Crippen MR) is 89.0 cm³/mol. The van der Waals surface area contributed by atoms with Crippen LogP contribution in [0, 0.1) is 5.82 Å². The fourth-order valence-electron chi connectivity index (χ4n) is 2.77. The highest BCUT2D eigenvalue weighted by Gasteiger charge is 2.33. The lowest BCUT2D eigenvalue weighted by molar-refractivity contribution is -0.141. The molecule has 0 atom stereocenters. The van der Waals surface area contributed by atoms with E-state index in [9.17, 15) is 26.0 Å². The number of benzene rings is 1. The molecule has 1 aliphatic heterocycles. The number of hydrogen-bond acceptors (Lipinski definition) is 5. The molecule has 1 N–H and O–H groups in total. The smallest absolute Gasteiger partial charge is 0.355 e. The molecule has 0 saturated carbocycles. The van der Waals surface area contributed by atoms with Crippen LogP contribution in [-0.2, 0) is 16.2 Å². The number of hydrogen-bond donors (Lipinski definition) is 1. The van der Waals surface area contributed by atoms with Crippen molar-refractivity contribution >= 4 is 15.8 Å². The van der Waals surface area contributed by atoms with E-state index in [2.05, 4.69) is 14.9 Å². The third-order valence-corrected chi connectivity index (χ3v) is 5.74. The molecule has 11 heteroatoms. The number of alkyl halides is 3. The molecule has 0 radical (unpaired) electrons. The molecule has 1 aromatic carbocycles. The van der Waals surface area contributed by atoms with Crippen LogP contribution in [0.2, 0.25) is 0 Å². The molecule has 27 heavy (non-hydrogen) atoms. The van der Waals surface area contributed by atoms with Crippen molar-refractivity contribution in [2.45, 2.75) is 30.0 Å². The number of rotatable bonds is 4. The van der Waals surface area contributed by atoms with Crippen molar-refractivity contribution in [1.82, 2.24) is 14.9 Å². The maximum absolute atomic E-state index is 12.9. The SMILES string of the molecule is O=S(=O)(NC1CCN(c2ccc(C(F)(F)F)nn2)CC1)c1ccc(F)cc1. The normalized spacial score (nSPS) is 16.5. The van der Waals surface area contributed by atoms with Gasteiger partial charge in [0.1, 0.15) is 5.82 Å². The van der Waals surface area contributed by atoms with Crippen molar-refractivity contribution in [3.8, 4) is 0 Å². The van der Waals surface area contributed by atoms with Crippen molar-refractivity contribution in [1.29, 1.82) is 0 Å². The molecule has 146 valence electrons. The number of sulfonamides is 1. The van der Waals surface area contributed by atoms with Gasteiger partial charge in [0.15, 0.2) is 11.5 Å². The maximum Gasteiger partial charge on any atom is 0.435 e. The largest absolute Gasteiger partial charge is 0.435 e. The van der Waals surface area contributed by atoms with Gasteiger partial charge in [-0.25, -0.2) is 17.5 Å². The van der Waals surface area contributed by atoms with Crippen LogP contribution in [-0.4, -0.2) is 37.7 Å². The first-order chi connectivity index (χ1) is 12.6. The second kappa shape index (κ2) is 7.39. The zero-order valence-corrected chi connectivity index (χ0v) is 14.8. The summed E-state index contributed by atoms with van der Waals surface area (Å²) in [6.45, 7) is 0.827. The van der Waals surface area contributed by atoms with Gasteiger partial charge in [-0.15, -0.1) is 10.2 Å². The first kappa shape index (κ1) is 19.5. The Morgan fingerprint density at radius 3 is 2.15 bits per heavy atom. The summed E-state index contributed by atoms with van der Waals surface area (Å²) in [6, 6.07) is 6.29. The zero-order valence-electron chi connectivity index (χ0n) is 13.9. The Morgan fingerprint density at radius 2 is 1.63 bits per heavy atom. The molecule has 1 aromatic heterocycles. The third-order valence-electron chi connectivity index (χ3n) is 4.21. The van der Waals surface area contributed by atoms with Gasteiger partial charge < -0.3 is 4.90 Å². The Balaban J connectivity index is 1.59. The predicted octanol–water partition coefficient (Wildman–Crippen LogP) is 2.58. The summed E-state index contributed by atoms with van der Waals surface area (Å²) >= 11 is 0. The second-order valence-corrected chi connectivity index (χ2v) is 7.83. The molecule has 0 bridgehead atoms. The molecular formula is C16H16F4N4O2S. The topological polar surface area (TPSA) is 75.2 Å². The van der Waals surface area contributed by atoms with Gasteiger partial charge in [0, 0.05) is 19.1 Å². The first-order valence-electron chi connectivity index (χ1n) is 8.09. The molecule has 0 aliphatic carbocycles. The summed E-state index contributed by atoms with van der Waals surface area (Å²) < 4.78 is 77.7. The highest BCUT2D eigenvalue weighted by Crippen LogP contribution is 2.28. The van der Waals surface area contributed by atoms with Crippen LogP contribution >= 0.6 is 0 Å². The van der Waals surface area contributed by atoms with Crippen LogP contribution in [0.4, 0.5) is 23.4 Å². The van der Waals surface area contributed by atoms with E-state index in [4.69, 9.17) is 0 Å². The van der Waals surface area contributed by atoms with Crippen LogP contribution in [0.15, 0.2) is 41.3 Å². The van der Waals surface area contributed by atoms with Crippen LogP contribution in [0.25, 0.3) is 0 Å². The summed E-state index contributed by atoms with van der Waals surface area (Å²) in [4.78, 5) is 1.72. The van der Waals surface area contributed by atoms with Gasteiger partial charge in [-0.3, -0.25) is 0 Å². The van der Waals surface area contributed by atoms with Gasteiger partial charge >= 0.3 is 6.18 Å². The number of piperidine rings is 1. The first-order valence-corrected chi connectivity index (χ1v) is 9.57. The number of nitrogens with one attached hydrogen (secondary N) is 1. The van der Waals surface area contributed by atoms with Crippen LogP contribution in [0.3, 0.4) is 0 Å². The summed E-state index contributed by atoms with van der Waals surface area (Å²) in [6.07, 6.45) is -3.65. The number of aromatic nitrogens is 2. The zero-order chi connectivity index (χ0) is 19.7. The minimum Gasteiger partial charge on any atom is -0.355 e. The number of nitrogens with zero attached hydrogens (tertiary/aromatic N) is 3. The molecule has 0 amide bonds. The summed E-state index contributed by atoms with van der Waals surface area (Å²) in [5, 5.41) is 6.80. The Bertz CT molecular complexity index is 878.